The fourth-order valence-corrected chi connectivity index (χ4v) is 2.94. The van der Waals surface area contributed by atoms with Crippen LogP contribution in [0.1, 0.15) is 54.4 Å². The van der Waals surface area contributed by atoms with E-state index in [1.165, 1.54) is 0 Å². The summed E-state index contributed by atoms with van der Waals surface area (Å²) >= 11 is 0. The van der Waals surface area contributed by atoms with Crippen molar-refractivity contribution in [2.24, 2.45) is 11.5 Å². The summed E-state index contributed by atoms with van der Waals surface area (Å²) in [6, 6.07) is 7.12. The molecule has 1 amide bonds. The Morgan fingerprint density at radius 2 is 1.57 bits per heavy atom. The Labute approximate surface area is 123 Å². The van der Waals surface area contributed by atoms with Gasteiger partial charge in [0, 0.05) is 5.54 Å². The van der Waals surface area contributed by atoms with Crippen molar-refractivity contribution in [3.63, 3.8) is 0 Å². The normalized spacial score (nSPS) is 21.8. The molecule has 0 spiro atoms. The number of esters is 1. The number of carbonyl (C=O) groups is 2. The van der Waals surface area contributed by atoms with E-state index in [1.807, 2.05) is 12.1 Å². The van der Waals surface area contributed by atoms with E-state index >= 15 is 0 Å². The first kappa shape index (κ1) is 14.1. The van der Waals surface area contributed by atoms with Crippen molar-refractivity contribution in [2.75, 3.05) is 0 Å². The second-order valence-electron chi connectivity index (χ2n) is 6.19. The van der Waals surface area contributed by atoms with Crippen LogP contribution in [-0.4, -0.2) is 17.5 Å². The summed E-state index contributed by atoms with van der Waals surface area (Å²) < 4.78 is 5.44. The van der Waals surface area contributed by atoms with Gasteiger partial charge < -0.3 is 16.2 Å². The summed E-state index contributed by atoms with van der Waals surface area (Å²) in [5.41, 5.74) is 11.6. The van der Waals surface area contributed by atoms with Crippen molar-refractivity contribution in [3.8, 4) is 0 Å². The summed E-state index contributed by atoms with van der Waals surface area (Å²) in [5.74, 6) is -1.05. The molecular formula is C16H20N2O3. The number of carbonyl (C=O) groups excluding carboxylic acids is 2. The predicted octanol–water partition coefficient (Wildman–Crippen LogP) is 1.59. The van der Waals surface area contributed by atoms with Crippen LogP contribution in [0.15, 0.2) is 24.3 Å². The number of rotatable bonds is 4. The highest BCUT2D eigenvalue weighted by atomic mass is 16.6. The quantitative estimate of drug-likeness (QED) is 0.822. The van der Waals surface area contributed by atoms with E-state index in [9.17, 15) is 9.59 Å². The molecule has 2 saturated carbocycles. The molecule has 0 radical (unpaired) electrons. The molecule has 1 aromatic rings. The Hall–Kier alpha value is -1.88. The minimum atomic E-state index is -1.12. The van der Waals surface area contributed by atoms with Gasteiger partial charge in [-0.05, 0) is 56.2 Å². The van der Waals surface area contributed by atoms with Gasteiger partial charge in [-0.3, -0.25) is 4.79 Å². The van der Waals surface area contributed by atoms with Crippen LogP contribution in [0.2, 0.25) is 0 Å². The third-order valence-electron chi connectivity index (χ3n) is 4.63. The molecule has 0 atom stereocenters. The number of benzene rings is 1. The van der Waals surface area contributed by atoms with Gasteiger partial charge in [-0.2, -0.15) is 0 Å². The molecule has 2 aliphatic rings. The van der Waals surface area contributed by atoms with Crippen molar-refractivity contribution in [1.82, 2.24) is 0 Å². The lowest BCUT2D eigenvalue weighted by Crippen LogP contribution is -2.45. The Bertz CT molecular complexity index is 570. The smallest absolute Gasteiger partial charge is 0.339 e. The summed E-state index contributed by atoms with van der Waals surface area (Å²) in [5, 5.41) is 0. The van der Waals surface area contributed by atoms with Gasteiger partial charge >= 0.3 is 5.97 Å². The van der Waals surface area contributed by atoms with Crippen molar-refractivity contribution in [1.29, 1.82) is 0 Å². The van der Waals surface area contributed by atoms with E-state index in [1.54, 1.807) is 12.1 Å². The van der Waals surface area contributed by atoms with Crippen LogP contribution in [0, 0.1) is 0 Å². The van der Waals surface area contributed by atoms with E-state index in [0.717, 1.165) is 31.2 Å². The molecule has 4 N–H and O–H groups in total. The molecule has 0 unspecified atom stereocenters. The number of hydrogen-bond donors (Lipinski definition) is 2. The minimum absolute atomic E-state index is 0.220. The van der Waals surface area contributed by atoms with Gasteiger partial charge in [0.05, 0.1) is 5.56 Å². The van der Waals surface area contributed by atoms with Gasteiger partial charge in [0.2, 0.25) is 0 Å². The lowest BCUT2D eigenvalue weighted by Gasteiger charge is -2.25. The van der Waals surface area contributed by atoms with Crippen LogP contribution in [0.5, 0.6) is 0 Å². The van der Waals surface area contributed by atoms with Crippen LogP contribution >= 0.6 is 0 Å². The summed E-state index contributed by atoms with van der Waals surface area (Å²) in [4.78, 5) is 23.8. The number of hydrogen-bond acceptors (Lipinski definition) is 4. The molecule has 5 heteroatoms. The summed E-state index contributed by atoms with van der Waals surface area (Å²) in [6.45, 7) is 0. The number of amides is 1. The zero-order valence-corrected chi connectivity index (χ0v) is 11.9. The van der Waals surface area contributed by atoms with Crippen LogP contribution in [0.4, 0.5) is 0 Å². The van der Waals surface area contributed by atoms with Gasteiger partial charge in [0.1, 0.15) is 0 Å². The van der Waals surface area contributed by atoms with Crippen LogP contribution in [0.3, 0.4) is 0 Å². The summed E-state index contributed by atoms with van der Waals surface area (Å²) in [6.07, 6.45) is 4.68. The largest absolute Gasteiger partial charge is 0.445 e. The fraction of sp³-hybridized carbons (Fsp3) is 0.500. The molecule has 112 valence electrons. The van der Waals surface area contributed by atoms with Crippen molar-refractivity contribution >= 4 is 11.9 Å². The summed E-state index contributed by atoms with van der Waals surface area (Å²) in [7, 11) is 0. The first-order chi connectivity index (χ1) is 9.95. The maximum absolute atomic E-state index is 12.2. The first-order valence-corrected chi connectivity index (χ1v) is 7.38. The van der Waals surface area contributed by atoms with Crippen LogP contribution in [0.25, 0.3) is 0 Å². The number of primary amides is 1. The third kappa shape index (κ3) is 2.53. The van der Waals surface area contributed by atoms with Crippen LogP contribution < -0.4 is 11.5 Å². The average Bonchev–Trinajstić information content (AvgIpc) is 3.04. The lowest BCUT2D eigenvalue weighted by atomic mass is 10.0. The zero-order valence-electron chi connectivity index (χ0n) is 11.9. The highest BCUT2D eigenvalue weighted by molar-refractivity contribution is 5.93. The number of ether oxygens (including phenoxy) is 1. The van der Waals surface area contributed by atoms with Gasteiger partial charge in [0.15, 0.2) is 5.60 Å². The Morgan fingerprint density at radius 3 is 2.05 bits per heavy atom. The topological polar surface area (TPSA) is 95.4 Å². The molecule has 0 aromatic heterocycles. The highest BCUT2D eigenvalue weighted by Crippen LogP contribution is 2.42. The monoisotopic (exact) mass is 288 g/mol. The maximum Gasteiger partial charge on any atom is 0.339 e. The second-order valence-corrected chi connectivity index (χ2v) is 6.19. The highest BCUT2D eigenvalue weighted by Gasteiger charge is 2.44. The molecule has 0 aliphatic heterocycles. The van der Waals surface area contributed by atoms with E-state index in [-0.39, 0.29) is 5.54 Å². The molecule has 3 rings (SSSR count). The van der Waals surface area contributed by atoms with Crippen molar-refractivity contribution < 1.29 is 14.3 Å². The molecule has 1 aromatic carbocycles. The van der Waals surface area contributed by atoms with Crippen molar-refractivity contribution in [2.45, 2.75) is 49.7 Å². The molecule has 0 saturated heterocycles. The van der Waals surface area contributed by atoms with Gasteiger partial charge in [-0.15, -0.1) is 0 Å². The van der Waals surface area contributed by atoms with E-state index < -0.39 is 17.5 Å². The van der Waals surface area contributed by atoms with Crippen molar-refractivity contribution in [3.05, 3.63) is 35.4 Å². The molecule has 0 bridgehead atoms. The van der Waals surface area contributed by atoms with Gasteiger partial charge in [-0.25, -0.2) is 4.79 Å². The zero-order chi connectivity index (χ0) is 15.1. The Kier molecular flexibility index (Phi) is 3.24. The third-order valence-corrected chi connectivity index (χ3v) is 4.63. The average molecular weight is 288 g/mol. The molecule has 2 fully saturated rings. The van der Waals surface area contributed by atoms with E-state index in [0.29, 0.717) is 18.4 Å². The standard InChI is InChI=1S/C16H20N2O3/c17-14(20)16(7-1-2-8-16)21-13(19)11-3-5-12(6-4-11)15(18)9-10-15/h3-6H,1-2,7-10,18H2,(H2,17,20). The molecular weight excluding hydrogens is 268 g/mol. The second kappa shape index (κ2) is 4.84. The minimum Gasteiger partial charge on any atom is -0.445 e. The Balaban J connectivity index is 1.74. The molecule has 21 heavy (non-hydrogen) atoms. The van der Waals surface area contributed by atoms with Gasteiger partial charge in [-0.1, -0.05) is 12.1 Å². The van der Waals surface area contributed by atoms with E-state index in [2.05, 4.69) is 0 Å². The maximum atomic E-state index is 12.2. The SMILES string of the molecule is NC(=O)C1(OC(=O)c2ccc(C3(N)CC3)cc2)CCCC1. The van der Waals surface area contributed by atoms with Gasteiger partial charge in [0.25, 0.3) is 5.91 Å². The van der Waals surface area contributed by atoms with E-state index in [4.69, 9.17) is 16.2 Å². The van der Waals surface area contributed by atoms with Crippen LogP contribution in [-0.2, 0) is 15.1 Å². The molecule has 2 aliphatic carbocycles. The first-order valence-electron chi connectivity index (χ1n) is 7.38. The molecule has 0 heterocycles. The lowest BCUT2D eigenvalue weighted by molar-refractivity contribution is -0.136. The predicted molar refractivity (Wildman–Crippen MR) is 77.4 cm³/mol. The Morgan fingerprint density at radius 1 is 1.00 bits per heavy atom. The fourth-order valence-electron chi connectivity index (χ4n) is 2.94. The number of nitrogens with two attached hydrogens (primary N) is 2. The molecule has 5 nitrogen and oxygen atoms in total.